The van der Waals surface area contributed by atoms with E-state index in [9.17, 15) is 4.79 Å². The number of rotatable bonds is 4. The Bertz CT molecular complexity index is 884. The third-order valence-corrected chi connectivity index (χ3v) is 5.57. The second kappa shape index (κ2) is 6.83. The van der Waals surface area contributed by atoms with Crippen LogP contribution in [-0.4, -0.2) is 12.5 Å². The van der Waals surface area contributed by atoms with Gasteiger partial charge < -0.3 is 10.6 Å². The minimum atomic E-state index is -0.0572. The Morgan fingerprint density at radius 2 is 2.04 bits per heavy atom. The van der Waals surface area contributed by atoms with E-state index in [0.717, 1.165) is 12.1 Å². The lowest BCUT2D eigenvalue weighted by Crippen LogP contribution is -2.32. The Balaban J connectivity index is 1.79. The van der Waals surface area contributed by atoms with Gasteiger partial charge in [0.1, 0.15) is 0 Å². The summed E-state index contributed by atoms with van der Waals surface area (Å²) in [6, 6.07) is 14.8. The average Bonchev–Trinajstić information content (AvgIpc) is 3.15. The molecule has 1 aliphatic carbocycles. The van der Waals surface area contributed by atoms with Crippen LogP contribution in [0.25, 0.3) is 0 Å². The van der Waals surface area contributed by atoms with Crippen molar-refractivity contribution in [1.82, 2.24) is 5.32 Å². The third-order valence-electron chi connectivity index (χ3n) is 5.57. The topological polar surface area (TPSA) is 41.1 Å². The summed E-state index contributed by atoms with van der Waals surface area (Å²) in [4.78, 5) is 12.7. The summed E-state index contributed by atoms with van der Waals surface area (Å²) in [5.74, 6) is 0.774. The number of para-hydroxylation sites is 1. The van der Waals surface area contributed by atoms with E-state index < -0.39 is 0 Å². The van der Waals surface area contributed by atoms with Gasteiger partial charge in [-0.1, -0.05) is 54.6 Å². The van der Waals surface area contributed by atoms with Gasteiger partial charge in [-0.15, -0.1) is 6.58 Å². The Morgan fingerprint density at radius 3 is 2.85 bits per heavy atom. The minimum absolute atomic E-state index is 0.0572. The molecule has 2 aliphatic rings. The highest BCUT2D eigenvalue weighted by atomic mass is 16.1. The van der Waals surface area contributed by atoms with Crippen LogP contribution in [-0.2, 0) is 0 Å². The first-order chi connectivity index (χ1) is 12.7. The Morgan fingerprint density at radius 1 is 1.23 bits per heavy atom. The number of carbonyl (C=O) groups is 1. The van der Waals surface area contributed by atoms with Crippen LogP contribution in [0.1, 0.15) is 45.4 Å². The van der Waals surface area contributed by atoms with Crippen LogP contribution in [0.4, 0.5) is 5.69 Å². The van der Waals surface area contributed by atoms with Crippen LogP contribution in [0.3, 0.4) is 0 Å². The standard InChI is InChI=1S/C23H24N2O/c1-3-14-24-23(26)20-13-7-12-19-17-10-6-11-18(17)21(25-22(19)20)16-9-5-4-8-15(16)2/h3-10,12-13,17-18,21,25H,1,11,14H2,2H3,(H,24,26). The van der Waals surface area contributed by atoms with Crippen molar-refractivity contribution in [2.45, 2.75) is 25.3 Å². The number of amides is 1. The maximum atomic E-state index is 12.7. The molecule has 26 heavy (non-hydrogen) atoms. The zero-order valence-electron chi connectivity index (χ0n) is 15.0. The van der Waals surface area contributed by atoms with Crippen molar-refractivity contribution in [3.05, 3.63) is 89.5 Å². The van der Waals surface area contributed by atoms with Crippen molar-refractivity contribution >= 4 is 11.6 Å². The van der Waals surface area contributed by atoms with Gasteiger partial charge in [-0.05, 0) is 42.0 Å². The van der Waals surface area contributed by atoms with Gasteiger partial charge in [-0.25, -0.2) is 0 Å². The molecule has 1 heterocycles. The molecular formula is C23H24N2O. The van der Waals surface area contributed by atoms with E-state index in [4.69, 9.17) is 0 Å². The highest BCUT2D eigenvalue weighted by molar-refractivity contribution is 6.00. The lowest BCUT2D eigenvalue weighted by molar-refractivity contribution is 0.0958. The summed E-state index contributed by atoms with van der Waals surface area (Å²) in [5.41, 5.74) is 5.50. The van der Waals surface area contributed by atoms with Crippen molar-refractivity contribution in [1.29, 1.82) is 0 Å². The van der Waals surface area contributed by atoms with Gasteiger partial charge in [0, 0.05) is 12.5 Å². The van der Waals surface area contributed by atoms with Crippen molar-refractivity contribution in [2.75, 3.05) is 11.9 Å². The summed E-state index contributed by atoms with van der Waals surface area (Å²) in [5, 5.41) is 6.63. The number of nitrogens with one attached hydrogen (secondary N) is 2. The highest BCUT2D eigenvalue weighted by Gasteiger charge is 2.39. The number of hydrogen-bond donors (Lipinski definition) is 2. The maximum Gasteiger partial charge on any atom is 0.253 e. The second-order valence-corrected chi connectivity index (χ2v) is 7.10. The number of allylic oxidation sites excluding steroid dienone is 2. The van der Waals surface area contributed by atoms with Gasteiger partial charge in [-0.3, -0.25) is 4.79 Å². The molecule has 1 amide bonds. The average molecular weight is 344 g/mol. The third kappa shape index (κ3) is 2.74. The van der Waals surface area contributed by atoms with Crippen LogP contribution in [0.5, 0.6) is 0 Å². The van der Waals surface area contributed by atoms with E-state index in [1.807, 2.05) is 12.1 Å². The number of carbonyl (C=O) groups excluding carboxylic acids is 1. The smallest absolute Gasteiger partial charge is 0.253 e. The van der Waals surface area contributed by atoms with Crippen LogP contribution in [0.2, 0.25) is 0 Å². The molecule has 3 nitrogen and oxygen atoms in total. The molecular weight excluding hydrogens is 320 g/mol. The van der Waals surface area contributed by atoms with E-state index >= 15 is 0 Å². The first-order valence-electron chi connectivity index (χ1n) is 9.21. The quantitative estimate of drug-likeness (QED) is 0.787. The Hall–Kier alpha value is -2.81. The number of aryl methyl sites for hydroxylation is 1. The van der Waals surface area contributed by atoms with Crippen LogP contribution in [0, 0.1) is 12.8 Å². The lowest BCUT2D eigenvalue weighted by Gasteiger charge is -2.39. The summed E-state index contributed by atoms with van der Waals surface area (Å²) in [7, 11) is 0. The Labute approximate surface area is 154 Å². The molecule has 0 bridgehead atoms. The van der Waals surface area contributed by atoms with Crippen molar-refractivity contribution in [3.8, 4) is 0 Å². The molecule has 0 fully saturated rings. The van der Waals surface area contributed by atoms with Crippen LogP contribution in [0.15, 0.2) is 67.3 Å². The molecule has 0 aromatic heterocycles. The molecule has 3 atom stereocenters. The molecule has 0 radical (unpaired) electrons. The molecule has 0 saturated carbocycles. The highest BCUT2D eigenvalue weighted by Crippen LogP contribution is 2.50. The molecule has 0 saturated heterocycles. The summed E-state index contributed by atoms with van der Waals surface area (Å²) >= 11 is 0. The van der Waals surface area contributed by atoms with E-state index in [1.54, 1.807) is 6.08 Å². The van der Waals surface area contributed by atoms with Gasteiger partial charge in [0.25, 0.3) is 5.91 Å². The van der Waals surface area contributed by atoms with E-state index in [0.29, 0.717) is 23.9 Å². The predicted octanol–water partition coefficient (Wildman–Crippen LogP) is 4.74. The molecule has 0 spiro atoms. The first-order valence-corrected chi connectivity index (χ1v) is 9.21. The molecule has 2 aromatic rings. The molecule has 1 aliphatic heterocycles. The molecule has 2 aromatic carbocycles. The van der Waals surface area contributed by atoms with Gasteiger partial charge in [0.15, 0.2) is 0 Å². The fraction of sp³-hybridized carbons (Fsp3) is 0.261. The maximum absolute atomic E-state index is 12.7. The van der Waals surface area contributed by atoms with Gasteiger partial charge >= 0.3 is 0 Å². The number of hydrogen-bond acceptors (Lipinski definition) is 2. The zero-order valence-corrected chi connectivity index (χ0v) is 15.0. The fourth-order valence-corrected chi connectivity index (χ4v) is 4.31. The molecule has 132 valence electrons. The molecule has 3 unspecified atom stereocenters. The molecule has 3 heteroatoms. The SMILES string of the molecule is C=CCNC(=O)c1cccc2c1NC(c1ccccc1C)C1CC=CC21. The van der Waals surface area contributed by atoms with E-state index in [2.05, 4.69) is 66.6 Å². The normalized spacial score (nSPS) is 22.9. The van der Waals surface area contributed by atoms with Gasteiger partial charge in [0.05, 0.1) is 17.3 Å². The van der Waals surface area contributed by atoms with E-state index in [-0.39, 0.29) is 11.9 Å². The Kier molecular flexibility index (Phi) is 4.37. The number of anilines is 1. The summed E-state index contributed by atoms with van der Waals surface area (Å²) in [6.07, 6.45) is 7.35. The first kappa shape index (κ1) is 16.6. The largest absolute Gasteiger partial charge is 0.377 e. The van der Waals surface area contributed by atoms with Crippen molar-refractivity contribution < 1.29 is 4.79 Å². The fourth-order valence-electron chi connectivity index (χ4n) is 4.31. The zero-order chi connectivity index (χ0) is 18.1. The number of benzene rings is 2. The lowest BCUT2D eigenvalue weighted by atomic mass is 9.75. The van der Waals surface area contributed by atoms with E-state index in [1.165, 1.54) is 16.7 Å². The van der Waals surface area contributed by atoms with Gasteiger partial charge in [-0.2, -0.15) is 0 Å². The monoisotopic (exact) mass is 344 g/mol. The molecule has 2 N–H and O–H groups in total. The minimum Gasteiger partial charge on any atom is -0.377 e. The van der Waals surface area contributed by atoms with Crippen molar-refractivity contribution in [3.63, 3.8) is 0 Å². The summed E-state index contributed by atoms with van der Waals surface area (Å²) < 4.78 is 0. The van der Waals surface area contributed by atoms with Crippen molar-refractivity contribution in [2.24, 2.45) is 5.92 Å². The van der Waals surface area contributed by atoms with Gasteiger partial charge in [0.2, 0.25) is 0 Å². The summed E-state index contributed by atoms with van der Waals surface area (Å²) in [6.45, 7) is 6.31. The van der Waals surface area contributed by atoms with Crippen LogP contribution >= 0.6 is 0 Å². The second-order valence-electron chi connectivity index (χ2n) is 7.10. The number of fused-ring (bicyclic) bond motifs is 3. The van der Waals surface area contributed by atoms with Crippen LogP contribution < -0.4 is 10.6 Å². The molecule has 4 rings (SSSR count). The predicted molar refractivity (Wildman–Crippen MR) is 107 cm³/mol.